The zero-order valence-corrected chi connectivity index (χ0v) is 11.9. The van der Waals surface area contributed by atoms with Crippen molar-refractivity contribution >= 4 is 23.5 Å². The lowest BCUT2D eigenvalue weighted by Crippen LogP contribution is -2.06. The van der Waals surface area contributed by atoms with Gasteiger partial charge >= 0.3 is 6.09 Å². The van der Waals surface area contributed by atoms with Crippen LogP contribution in [0.4, 0.5) is 10.5 Å². The average molecular weight is 291 g/mol. The molecule has 0 fully saturated rings. The lowest BCUT2D eigenvalue weighted by Gasteiger charge is -2.01. The number of amides is 1. The monoisotopic (exact) mass is 291 g/mol. The average Bonchev–Trinajstić information content (AvgIpc) is 2.48. The van der Waals surface area contributed by atoms with E-state index in [4.69, 9.17) is 10.2 Å². The molecule has 0 aliphatic heterocycles. The predicted octanol–water partition coefficient (Wildman–Crippen LogP) is 3.68. The van der Waals surface area contributed by atoms with Crippen LogP contribution in [0.15, 0.2) is 59.5 Å². The van der Waals surface area contributed by atoms with Gasteiger partial charge in [0, 0.05) is 10.6 Å². The Hall–Kier alpha value is -1.98. The van der Waals surface area contributed by atoms with Gasteiger partial charge in [-0.3, -0.25) is 5.32 Å². The van der Waals surface area contributed by atoms with Crippen LogP contribution in [0.25, 0.3) is 0 Å². The van der Waals surface area contributed by atoms with Crippen molar-refractivity contribution in [2.24, 2.45) is 0 Å². The van der Waals surface area contributed by atoms with Crippen molar-refractivity contribution in [3.8, 4) is 0 Å². The second kappa shape index (κ2) is 9.01. The molecule has 5 heteroatoms. The first-order valence-corrected chi connectivity index (χ1v) is 7.17. The fraction of sp³-hybridized carbons (Fsp3) is 0.133. The fourth-order valence-corrected chi connectivity index (χ4v) is 2.09. The first-order chi connectivity index (χ1) is 9.67. The van der Waals surface area contributed by atoms with Gasteiger partial charge in [-0.2, -0.15) is 0 Å². The van der Waals surface area contributed by atoms with E-state index >= 15 is 0 Å². The van der Waals surface area contributed by atoms with Crippen molar-refractivity contribution in [3.63, 3.8) is 0 Å². The fourth-order valence-electron chi connectivity index (χ4n) is 1.48. The van der Waals surface area contributed by atoms with Crippen LogP contribution in [0.1, 0.15) is 5.56 Å². The highest BCUT2D eigenvalue weighted by Gasteiger charge is 1.95. The second-order valence-electron chi connectivity index (χ2n) is 3.77. The number of thioether (sulfide) groups is 1. The Morgan fingerprint density at radius 1 is 1.10 bits per heavy atom. The Labute approximate surface area is 122 Å². The van der Waals surface area contributed by atoms with Crippen LogP contribution >= 0.6 is 11.8 Å². The first kappa shape index (κ1) is 16.1. The molecule has 0 spiro atoms. The molecule has 1 amide bonds. The minimum absolute atomic E-state index is 0.136. The van der Waals surface area contributed by atoms with Crippen molar-refractivity contribution in [2.75, 3.05) is 11.6 Å². The molecule has 106 valence electrons. The van der Waals surface area contributed by atoms with Crippen molar-refractivity contribution in [1.29, 1.82) is 0 Å². The molecule has 2 aromatic carbocycles. The van der Waals surface area contributed by atoms with Crippen LogP contribution in [0.5, 0.6) is 0 Å². The highest BCUT2D eigenvalue weighted by molar-refractivity contribution is 7.98. The molecule has 3 N–H and O–H groups in total. The Kier molecular flexibility index (Phi) is 7.24. The van der Waals surface area contributed by atoms with Crippen LogP contribution in [-0.4, -0.2) is 22.6 Å². The SMILES string of the molecule is CSc1ccccc1CO.O=C(O)Nc1ccccc1. The summed E-state index contributed by atoms with van der Waals surface area (Å²) in [5, 5.41) is 19.3. The first-order valence-electron chi connectivity index (χ1n) is 5.95. The zero-order chi connectivity index (χ0) is 14.8. The van der Waals surface area contributed by atoms with Gasteiger partial charge in [-0.25, -0.2) is 4.79 Å². The van der Waals surface area contributed by atoms with Crippen molar-refractivity contribution in [1.82, 2.24) is 0 Å². The number of aliphatic hydroxyl groups excluding tert-OH is 1. The van der Waals surface area contributed by atoms with E-state index in [1.807, 2.05) is 36.6 Å². The van der Waals surface area contributed by atoms with E-state index in [9.17, 15) is 4.79 Å². The number of rotatable bonds is 3. The van der Waals surface area contributed by atoms with E-state index in [1.54, 1.807) is 36.0 Å². The lowest BCUT2D eigenvalue weighted by molar-refractivity contribution is 0.209. The lowest BCUT2D eigenvalue weighted by atomic mass is 10.2. The number of carbonyl (C=O) groups is 1. The maximum Gasteiger partial charge on any atom is 0.409 e. The maximum absolute atomic E-state index is 10.1. The number of nitrogens with one attached hydrogen (secondary N) is 1. The van der Waals surface area contributed by atoms with Gasteiger partial charge in [0.25, 0.3) is 0 Å². The van der Waals surface area contributed by atoms with Gasteiger partial charge in [0.15, 0.2) is 0 Å². The molecule has 0 aliphatic rings. The highest BCUT2D eigenvalue weighted by atomic mass is 32.2. The number of para-hydroxylation sites is 1. The quantitative estimate of drug-likeness (QED) is 0.755. The smallest absolute Gasteiger partial charge is 0.409 e. The summed E-state index contributed by atoms with van der Waals surface area (Å²) in [6, 6.07) is 16.6. The Morgan fingerprint density at radius 2 is 1.70 bits per heavy atom. The number of carboxylic acid groups (broad SMARTS) is 1. The molecule has 0 atom stereocenters. The summed E-state index contributed by atoms with van der Waals surface area (Å²) in [7, 11) is 0. The third-order valence-corrected chi connectivity index (χ3v) is 3.23. The summed E-state index contributed by atoms with van der Waals surface area (Å²) >= 11 is 1.66. The molecule has 0 radical (unpaired) electrons. The van der Waals surface area contributed by atoms with E-state index in [0.717, 1.165) is 10.5 Å². The molecule has 2 aromatic rings. The molecule has 0 heterocycles. The van der Waals surface area contributed by atoms with Gasteiger partial charge in [-0.05, 0) is 30.0 Å². The van der Waals surface area contributed by atoms with Crippen LogP contribution in [0, 0.1) is 0 Å². The highest BCUT2D eigenvalue weighted by Crippen LogP contribution is 2.19. The summed E-state index contributed by atoms with van der Waals surface area (Å²) in [6.45, 7) is 0.136. The molecular weight excluding hydrogens is 274 g/mol. The molecule has 0 saturated carbocycles. The number of hydrogen-bond acceptors (Lipinski definition) is 3. The number of aliphatic hydroxyl groups is 1. The summed E-state index contributed by atoms with van der Waals surface area (Å²) < 4.78 is 0. The molecule has 2 rings (SSSR count). The number of benzene rings is 2. The van der Waals surface area contributed by atoms with E-state index in [-0.39, 0.29) is 6.61 Å². The van der Waals surface area contributed by atoms with Gasteiger partial charge in [0.2, 0.25) is 0 Å². The maximum atomic E-state index is 10.1. The minimum atomic E-state index is -1.04. The van der Waals surface area contributed by atoms with Crippen LogP contribution < -0.4 is 5.32 Å². The van der Waals surface area contributed by atoms with E-state index in [1.165, 1.54) is 0 Å². The van der Waals surface area contributed by atoms with Gasteiger partial charge in [-0.15, -0.1) is 11.8 Å². The second-order valence-corrected chi connectivity index (χ2v) is 4.61. The Balaban J connectivity index is 0.000000200. The largest absolute Gasteiger partial charge is 0.465 e. The molecular formula is C15H17NO3S. The van der Waals surface area contributed by atoms with E-state index < -0.39 is 6.09 Å². The molecule has 0 unspecified atom stereocenters. The van der Waals surface area contributed by atoms with Gasteiger partial charge < -0.3 is 10.2 Å². The summed E-state index contributed by atoms with van der Waals surface area (Å²) in [5.74, 6) is 0. The van der Waals surface area contributed by atoms with Gasteiger partial charge in [0.1, 0.15) is 0 Å². The van der Waals surface area contributed by atoms with Crippen LogP contribution in [0.3, 0.4) is 0 Å². The molecule has 0 aromatic heterocycles. The zero-order valence-electron chi connectivity index (χ0n) is 11.1. The van der Waals surface area contributed by atoms with Crippen molar-refractivity contribution in [2.45, 2.75) is 11.5 Å². The van der Waals surface area contributed by atoms with Crippen molar-refractivity contribution < 1.29 is 15.0 Å². The summed E-state index contributed by atoms with van der Waals surface area (Å²) in [6.07, 6.45) is 0.973. The van der Waals surface area contributed by atoms with Crippen molar-refractivity contribution in [3.05, 3.63) is 60.2 Å². The van der Waals surface area contributed by atoms with Gasteiger partial charge in [-0.1, -0.05) is 36.4 Å². The van der Waals surface area contributed by atoms with Gasteiger partial charge in [0.05, 0.1) is 6.61 Å². The third-order valence-electron chi connectivity index (χ3n) is 2.39. The third kappa shape index (κ3) is 5.77. The number of anilines is 1. The summed E-state index contributed by atoms with van der Waals surface area (Å²) in [5.41, 5.74) is 1.60. The standard InChI is InChI=1S/C8H10OS.C7H7NO2/c1-10-8-5-3-2-4-7(8)6-9;9-7(10)8-6-4-2-1-3-5-6/h2-5,9H,6H2,1H3;1-5,8H,(H,9,10). The molecule has 0 bridgehead atoms. The van der Waals surface area contributed by atoms with E-state index in [0.29, 0.717) is 5.69 Å². The normalized spacial score (nSPS) is 9.30. The minimum Gasteiger partial charge on any atom is -0.465 e. The Bertz CT molecular complexity index is 509. The molecule has 20 heavy (non-hydrogen) atoms. The molecule has 0 saturated heterocycles. The molecule has 4 nitrogen and oxygen atoms in total. The van der Waals surface area contributed by atoms with E-state index in [2.05, 4.69) is 5.32 Å². The number of hydrogen-bond donors (Lipinski definition) is 3. The predicted molar refractivity (Wildman–Crippen MR) is 82.2 cm³/mol. The Morgan fingerprint density at radius 3 is 2.20 bits per heavy atom. The summed E-state index contributed by atoms with van der Waals surface area (Å²) in [4.78, 5) is 11.2. The molecule has 0 aliphatic carbocycles. The topological polar surface area (TPSA) is 69.6 Å². The van der Waals surface area contributed by atoms with Crippen LogP contribution in [-0.2, 0) is 6.61 Å². The van der Waals surface area contributed by atoms with Crippen LogP contribution in [0.2, 0.25) is 0 Å².